The molecule has 0 radical (unpaired) electrons. The summed E-state index contributed by atoms with van der Waals surface area (Å²) in [5, 5.41) is 48.0. The van der Waals surface area contributed by atoms with E-state index in [-0.39, 0.29) is 13.1 Å². The van der Waals surface area contributed by atoms with E-state index in [1.54, 1.807) is 0 Å². The fraction of sp³-hybridized carbons (Fsp3) is 1.00. The van der Waals surface area contributed by atoms with Gasteiger partial charge < -0.3 is 30.8 Å². The van der Waals surface area contributed by atoms with Crippen LogP contribution in [0.25, 0.3) is 0 Å². The molecular formula is C8H19NO8S. The molecule has 18 heavy (non-hydrogen) atoms. The summed E-state index contributed by atoms with van der Waals surface area (Å²) in [7, 11) is -4.11. The summed E-state index contributed by atoms with van der Waals surface area (Å²) >= 11 is 0. The molecule has 0 heterocycles. The molecule has 0 aromatic rings. The summed E-state index contributed by atoms with van der Waals surface area (Å²) in [6.45, 7) is -1.19. The number of aliphatic hydroxyl groups is 5. The first-order chi connectivity index (χ1) is 8.19. The molecule has 7 N–H and O–H groups in total. The Kier molecular flexibility index (Phi) is 7.82. The Morgan fingerprint density at radius 2 is 1.50 bits per heavy atom. The molecule has 0 amide bonds. The molecule has 0 unspecified atom stereocenters. The lowest BCUT2D eigenvalue weighted by Gasteiger charge is -2.25. The highest BCUT2D eigenvalue weighted by atomic mass is 32.2. The number of nitrogens with one attached hydrogen (secondary N) is 1. The number of hydrogen-bond donors (Lipinski definition) is 7. The van der Waals surface area contributed by atoms with E-state index in [1.807, 2.05) is 0 Å². The van der Waals surface area contributed by atoms with Gasteiger partial charge in [-0.15, -0.1) is 0 Å². The van der Waals surface area contributed by atoms with Gasteiger partial charge in [0.05, 0.1) is 18.5 Å². The maximum absolute atomic E-state index is 10.3. The van der Waals surface area contributed by atoms with Crippen LogP contribution in [0.5, 0.6) is 0 Å². The second-order valence-corrected chi connectivity index (χ2v) is 5.36. The first-order valence-corrected chi connectivity index (χ1v) is 6.79. The minimum atomic E-state index is -4.11. The summed E-state index contributed by atoms with van der Waals surface area (Å²) in [6.07, 6.45) is -6.49. The quantitative estimate of drug-likeness (QED) is 0.165. The van der Waals surface area contributed by atoms with Gasteiger partial charge in [-0.2, -0.15) is 8.42 Å². The van der Waals surface area contributed by atoms with Crippen molar-refractivity contribution >= 4 is 10.1 Å². The molecule has 0 aliphatic rings. The van der Waals surface area contributed by atoms with Gasteiger partial charge in [0, 0.05) is 13.1 Å². The Morgan fingerprint density at radius 1 is 1.00 bits per heavy atom. The summed E-state index contributed by atoms with van der Waals surface area (Å²) in [5.74, 6) is -0.558. The summed E-state index contributed by atoms with van der Waals surface area (Å²) in [5.41, 5.74) is 0. The fourth-order valence-electron chi connectivity index (χ4n) is 1.14. The van der Waals surface area contributed by atoms with Crippen LogP contribution in [0.2, 0.25) is 0 Å². The van der Waals surface area contributed by atoms with Crippen LogP contribution >= 0.6 is 0 Å². The first kappa shape index (κ1) is 17.7. The lowest BCUT2D eigenvalue weighted by Crippen LogP contribution is -2.49. The maximum Gasteiger partial charge on any atom is 0.266 e. The second kappa shape index (κ2) is 7.96. The minimum Gasteiger partial charge on any atom is -0.394 e. The van der Waals surface area contributed by atoms with E-state index in [9.17, 15) is 23.7 Å². The van der Waals surface area contributed by atoms with Crippen LogP contribution < -0.4 is 5.32 Å². The van der Waals surface area contributed by atoms with Crippen LogP contribution in [0.1, 0.15) is 0 Å². The van der Waals surface area contributed by atoms with Crippen molar-refractivity contribution in [3.8, 4) is 0 Å². The van der Waals surface area contributed by atoms with Crippen LogP contribution in [0.4, 0.5) is 0 Å². The van der Waals surface area contributed by atoms with Gasteiger partial charge >= 0.3 is 0 Å². The van der Waals surface area contributed by atoms with Crippen LogP contribution in [0.3, 0.4) is 0 Å². The molecule has 10 heteroatoms. The molecule has 0 aliphatic heterocycles. The monoisotopic (exact) mass is 289 g/mol. The molecule has 0 aromatic carbocycles. The minimum absolute atomic E-state index is 0.152. The third-order valence-electron chi connectivity index (χ3n) is 2.22. The van der Waals surface area contributed by atoms with Crippen molar-refractivity contribution in [2.45, 2.75) is 24.4 Å². The van der Waals surface area contributed by atoms with E-state index in [2.05, 4.69) is 5.32 Å². The highest BCUT2D eigenvalue weighted by molar-refractivity contribution is 7.85. The zero-order valence-electron chi connectivity index (χ0n) is 9.55. The van der Waals surface area contributed by atoms with Gasteiger partial charge in [-0.3, -0.25) is 4.55 Å². The Hall–Kier alpha value is -0.330. The lowest BCUT2D eigenvalue weighted by atomic mass is 10.0. The Balaban J connectivity index is 3.98. The maximum atomic E-state index is 10.3. The largest absolute Gasteiger partial charge is 0.394 e. The molecular weight excluding hydrogens is 270 g/mol. The summed E-state index contributed by atoms with van der Waals surface area (Å²) in [4.78, 5) is 0. The summed E-state index contributed by atoms with van der Waals surface area (Å²) < 4.78 is 29.1. The molecule has 0 rings (SSSR count). The third kappa shape index (κ3) is 7.18. The zero-order valence-corrected chi connectivity index (χ0v) is 10.4. The average molecular weight is 289 g/mol. The van der Waals surface area contributed by atoms with Gasteiger partial charge in [-0.05, 0) is 0 Å². The van der Waals surface area contributed by atoms with Gasteiger partial charge in [-0.25, -0.2) is 0 Å². The molecule has 0 aliphatic carbocycles. The molecule has 0 saturated carbocycles. The van der Waals surface area contributed by atoms with Gasteiger partial charge in [0.25, 0.3) is 10.1 Å². The smallest absolute Gasteiger partial charge is 0.266 e. The van der Waals surface area contributed by atoms with Crippen LogP contribution in [-0.2, 0) is 10.1 Å². The lowest BCUT2D eigenvalue weighted by molar-refractivity contribution is -0.113. The van der Waals surface area contributed by atoms with Gasteiger partial charge in [0.1, 0.15) is 18.3 Å². The van der Waals surface area contributed by atoms with Crippen molar-refractivity contribution in [3.05, 3.63) is 0 Å². The highest BCUT2D eigenvalue weighted by Gasteiger charge is 2.29. The number of rotatable bonds is 9. The average Bonchev–Trinajstić information content (AvgIpc) is 2.30. The molecule has 0 fully saturated rings. The number of aliphatic hydroxyl groups excluding tert-OH is 5. The van der Waals surface area contributed by atoms with Crippen molar-refractivity contribution in [2.75, 3.05) is 25.4 Å². The molecule has 4 atom stereocenters. The molecule has 0 saturated heterocycles. The standard InChI is InChI=1S/C8H19NO8S/c10-4-6(12)8(14)7(13)5(11)3-9-1-2-18(15,16)17/h5-14H,1-4H2,(H,15,16,17)/t5-,6+,7+,8+/m0/s1. The van der Waals surface area contributed by atoms with Gasteiger partial charge in [0.15, 0.2) is 0 Å². The van der Waals surface area contributed by atoms with Crippen molar-refractivity contribution in [2.24, 2.45) is 0 Å². The Labute approximate surface area is 104 Å². The molecule has 9 nitrogen and oxygen atoms in total. The second-order valence-electron chi connectivity index (χ2n) is 3.79. The molecule has 0 bridgehead atoms. The van der Waals surface area contributed by atoms with E-state index in [4.69, 9.17) is 14.8 Å². The van der Waals surface area contributed by atoms with E-state index in [1.165, 1.54) is 0 Å². The van der Waals surface area contributed by atoms with Gasteiger partial charge in [0.2, 0.25) is 0 Å². The molecule has 0 spiro atoms. The highest BCUT2D eigenvalue weighted by Crippen LogP contribution is 2.04. The predicted molar refractivity (Wildman–Crippen MR) is 60.4 cm³/mol. The van der Waals surface area contributed by atoms with Crippen LogP contribution in [0.15, 0.2) is 0 Å². The van der Waals surface area contributed by atoms with E-state index in [0.717, 1.165) is 0 Å². The summed E-state index contributed by atoms with van der Waals surface area (Å²) in [6, 6.07) is 0. The van der Waals surface area contributed by atoms with Crippen molar-refractivity contribution < 1.29 is 38.5 Å². The van der Waals surface area contributed by atoms with Crippen molar-refractivity contribution in [3.63, 3.8) is 0 Å². The van der Waals surface area contributed by atoms with Crippen LogP contribution in [0, 0.1) is 0 Å². The van der Waals surface area contributed by atoms with E-state index < -0.39 is 46.9 Å². The first-order valence-electron chi connectivity index (χ1n) is 5.18. The van der Waals surface area contributed by atoms with Crippen LogP contribution in [-0.4, -0.2) is 88.4 Å². The van der Waals surface area contributed by atoms with E-state index >= 15 is 0 Å². The zero-order chi connectivity index (χ0) is 14.3. The predicted octanol–water partition coefficient (Wildman–Crippen LogP) is -4.10. The normalized spacial score (nSPS) is 19.2. The Morgan fingerprint density at radius 3 is 1.94 bits per heavy atom. The van der Waals surface area contributed by atoms with Crippen molar-refractivity contribution in [1.82, 2.24) is 5.32 Å². The number of hydrogen-bond acceptors (Lipinski definition) is 8. The third-order valence-corrected chi connectivity index (χ3v) is 2.94. The Bertz CT molecular complexity index is 321. The fourth-order valence-corrected chi connectivity index (χ4v) is 1.54. The van der Waals surface area contributed by atoms with Crippen molar-refractivity contribution in [1.29, 1.82) is 0 Å². The van der Waals surface area contributed by atoms with E-state index in [0.29, 0.717) is 0 Å². The molecule has 0 aromatic heterocycles. The molecule has 110 valence electrons. The van der Waals surface area contributed by atoms with Gasteiger partial charge in [-0.1, -0.05) is 0 Å². The SMILES string of the molecule is O=S(=O)(O)CCNC[C@H](O)[C@@H](O)[C@H](O)[C@H](O)CO. The topological polar surface area (TPSA) is 168 Å².